The Labute approximate surface area is 145 Å². The molecule has 0 saturated carbocycles. The molecule has 0 aliphatic carbocycles. The molecule has 0 bridgehead atoms. The average molecular weight is 342 g/mol. The second-order valence-corrected chi connectivity index (χ2v) is 6.90. The number of hydrogen-bond donors (Lipinski definition) is 1. The van der Waals surface area contributed by atoms with E-state index in [2.05, 4.69) is 22.0 Å². The smallest absolute Gasteiger partial charge is 0.282 e. The summed E-state index contributed by atoms with van der Waals surface area (Å²) >= 11 is 1.50. The molecule has 0 radical (unpaired) electrons. The lowest BCUT2D eigenvalue weighted by atomic mass is 10.2. The maximum absolute atomic E-state index is 12.8. The number of para-hydroxylation sites is 1. The van der Waals surface area contributed by atoms with Gasteiger partial charge in [-0.05, 0) is 32.4 Å². The van der Waals surface area contributed by atoms with Crippen LogP contribution in [0, 0.1) is 6.92 Å². The fourth-order valence-electron chi connectivity index (χ4n) is 2.75. The number of H-pyrrole nitrogens is 1. The summed E-state index contributed by atoms with van der Waals surface area (Å²) in [5.74, 6) is 0. The first kappa shape index (κ1) is 16.6. The number of aryl methyl sites for hydroxylation is 1. The van der Waals surface area contributed by atoms with E-state index in [0.717, 1.165) is 34.6 Å². The molecular formula is C18H22N4OS. The van der Waals surface area contributed by atoms with Crippen LogP contribution in [-0.4, -0.2) is 27.0 Å². The summed E-state index contributed by atoms with van der Waals surface area (Å²) in [6, 6.07) is 7.90. The maximum atomic E-state index is 12.8. The van der Waals surface area contributed by atoms with E-state index in [0.29, 0.717) is 10.7 Å². The lowest BCUT2D eigenvalue weighted by Crippen LogP contribution is -2.19. The standard InChI is InChI=1S/C18H22N4OS/c1-4-5-8-11-19-12(2)16-13(3)21-22(17(16)23)18-20-14-9-6-7-10-15(14)24-18/h6-7,9-10,21H,4-5,8,11H2,1-3H3. The number of rotatable bonds is 6. The number of aliphatic imine (C=N–C) groups is 1. The molecule has 1 N–H and O–H groups in total. The van der Waals surface area contributed by atoms with Gasteiger partial charge in [-0.3, -0.25) is 14.9 Å². The van der Waals surface area contributed by atoms with Crippen molar-refractivity contribution in [3.8, 4) is 5.13 Å². The van der Waals surface area contributed by atoms with Crippen molar-refractivity contribution in [2.75, 3.05) is 6.54 Å². The molecule has 0 spiro atoms. The van der Waals surface area contributed by atoms with Gasteiger partial charge in [-0.15, -0.1) is 0 Å². The number of nitrogens with one attached hydrogen (secondary N) is 1. The van der Waals surface area contributed by atoms with Crippen LogP contribution in [0.5, 0.6) is 0 Å². The van der Waals surface area contributed by atoms with E-state index in [1.807, 2.05) is 38.1 Å². The summed E-state index contributed by atoms with van der Waals surface area (Å²) in [4.78, 5) is 21.9. The topological polar surface area (TPSA) is 63.0 Å². The molecule has 5 nitrogen and oxygen atoms in total. The van der Waals surface area contributed by atoms with Gasteiger partial charge in [-0.25, -0.2) is 4.98 Å². The van der Waals surface area contributed by atoms with Crippen LogP contribution in [0.1, 0.15) is 44.4 Å². The van der Waals surface area contributed by atoms with Crippen molar-refractivity contribution < 1.29 is 0 Å². The summed E-state index contributed by atoms with van der Waals surface area (Å²) in [5, 5.41) is 3.81. The molecule has 0 aliphatic heterocycles. The first-order valence-electron chi connectivity index (χ1n) is 8.30. The van der Waals surface area contributed by atoms with Crippen LogP contribution in [0.15, 0.2) is 34.1 Å². The Morgan fingerprint density at radius 1 is 1.33 bits per heavy atom. The zero-order valence-corrected chi connectivity index (χ0v) is 15.1. The number of hydrogen-bond acceptors (Lipinski definition) is 4. The van der Waals surface area contributed by atoms with E-state index in [9.17, 15) is 4.79 Å². The third kappa shape index (κ3) is 3.19. The minimum Gasteiger partial charge on any atom is -0.293 e. The van der Waals surface area contributed by atoms with Gasteiger partial charge in [0.05, 0.1) is 15.8 Å². The van der Waals surface area contributed by atoms with Crippen LogP contribution in [0.4, 0.5) is 0 Å². The lowest BCUT2D eigenvalue weighted by molar-refractivity contribution is 0.728. The summed E-state index contributed by atoms with van der Waals surface area (Å²) in [5.41, 5.74) is 3.11. The van der Waals surface area contributed by atoms with Crippen molar-refractivity contribution >= 4 is 27.3 Å². The third-order valence-corrected chi connectivity index (χ3v) is 5.04. The van der Waals surface area contributed by atoms with E-state index in [4.69, 9.17) is 0 Å². The highest BCUT2D eigenvalue weighted by molar-refractivity contribution is 7.20. The van der Waals surface area contributed by atoms with Crippen LogP contribution >= 0.6 is 11.3 Å². The van der Waals surface area contributed by atoms with Crippen molar-refractivity contribution in [2.24, 2.45) is 4.99 Å². The highest BCUT2D eigenvalue weighted by Crippen LogP contribution is 2.23. The Hall–Kier alpha value is -2.21. The minimum absolute atomic E-state index is 0.0803. The molecule has 0 atom stereocenters. The number of aromatic nitrogens is 3. The number of thiazole rings is 1. The fourth-order valence-corrected chi connectivity index (χ4v) is 3.68. The monoisotopic (exact) mass is 342 g/mol. The number of unbranched alkanes of at least 4 members (excludes halogenated alkanes) is 2. The molecule has 6 heteroatoms. The molecule has 1 aromatic carbocycles. The molecule has 24 heavy (non-hydrogen) atoms. The van der Waals surface area contributed by atoms with Gasteiger partial charge in [-0.2, -0.15) is 4.68 Å². The van der Waals surface area contributed by atoms with E-state index in [1.54, 1.807) is 0 Å². The van der Waals surface area contributed by atoms with Gasteiger partial charge in [0, 0.05) is 18.0 Å². The average Bonchev–Trinajstić information content (AvgIpc) is 3.12. The molecule has 0 saturated heterocycles. The van der Waals surface area contributed by atoms with Crippen LogP contribution in [0.2, 0.25) is 0 Å². The van der Waals surface area contributed by atoms with Crippen LogP contribution in [-0.2, 0) is 0 Å². The predicted molar refractivity (Wildman–Crippen MR) is 101 cm³/mol. The molecule has 0 amide bonds. The first-order chi connectivity index (χ1) is 11.6. The molecular weight excluding hydrogens is 320 g/mol. The zero-order valence-electron chi connectivity index (χ0n) is 14.3. The van der Waals surface area contributed by atoms with Gasteiger partial charge in [-0.1, -0.05) is 43.2 Å². The van der Waals surface area contributed by atoms with Gasteiger partial charge >= 0.3 is 0 Å². The number of fused-ring (bicyclic) bond motifs is 1. The minimum atomic E-state index is -0.0803. The molecule has 2 aromatic heterocycles. The van der Waals surface area contributed by atoms with Crippen LogP contribution in [0.3, 0.4) is 0 Å². The van der Waals surface area contributed by atoms with E-state index < -0.39 is 0 Å². The zero-order chi connectivity index (χ0) is 17.1. The van der Waals surface area contributed by atoms with Gasteiger partial charge in [0.25, 0.3) is 5.56 Å². The van der Waals surface area contributed by atoms with Gasteiger partial charge in [0.15, 0.2) is 0 Å². The van der Waals surface area contributed by atoms with Crippen molar-refractivity contribution in [1.29, 1.82) is 0 Å². The van der Waals surface area contributed by atoms with Crippen molar-refractivity contribution in [3.05, 3.63) is 45.9 Å². The van der Waals surface area contributed by atoms with Crippen LogP contribution < -0.4 is 5.56 Å². The molecule has 0 unspecified atom stereocenters. The molecule has 0 aliphatic rings. The molecule has 0 fully saturated rings. The van der Waals surface area contributed by atoms with E-state index in [1.165, 1.54) is 28.9 Å². The highest BCUT2D eigenvalue weighted by Gasteiger charge is 2.17. The van der Waals surface area contributed by atoms with Gasteiger partial charge in [0.1, 0.15) is 0 Å². The molecule has 3 aromatic rings. The number of nitrogens with zero attached hydrogens (tertiary/aromatic N) is 3. The van der Waals surface area contributed by atoms with E-state index >= 15 is 0 Å². The number of aromatic amines is 1. The second-order valence-electron chi connectivity index (χ2n) is 5.89. The largest absolute Gasteiger partial charge is 0.293 e. The van der Waals surface area contributed by atoms with Crippen LogP contribution in [0.25, 0.3) is 15.3 Å². The number of benzene rings is 1. The first-order valence-corrected chi connectivity index (χ1v) is 9.12. The molecule has 2 heterocycles. The summed E-state index contributed by atoms with van der Waals surface area (Å²) in [6.07, 6.45) is 3.39. The Balaban J connectivity index is 1.95. The Kier molecular flexibility index (Phi) is 4.94. The highest BCUT2D eigenvalue weighted by atomic mass is 32.1. The lowest BCUT2D eigenvalue weighted by Gasteiger charge is -1.98. The predicted octanol–water partition coefficient (Wildman–Crippen LogP) is 4.08. The second kappa shape index (κ2) is 7.13. The summed E-state index contributed by atoms with van der Waals surface area (Å²) in [6.45, 7) is 6.76. The third-order valence-electron chi connectivity index (χ3n) is 4.02. The van der Waals surface area contributed by atoms with Crippen molar-refractivity contribution in [1.82, 2.24) is 14.8 Å². The van der Waals surface area contributed by atoms with Crippen molar-refractivity contribution in [3.63, 3.8) is 0 Å². The Morgan fingerprint density at radius 2 is 2.12 bits per heavy atom. The summed E-state index contributed by atoms with van der Waals surface area (Å²) < 4.78 is 2.60. The maximum Gasteiger partial charge on any atom is 0.282 e. The molecule has 3 rings (SSSR count). The normalized spacial score (nSPS) is 12.2. The SMILES string of the molecule is CCCCCN=C(C)c1c(C)[nH]n(-c2nc3ccccc3s2)c1=O. The Bertz CT molecular complexity index is 899. The fraction of sp³-hybridized carbons (Fsp3) is 0.389. The summed E-state index contributed by atoms with van der Waals surface area (Å²) in [7, 11) is 0. The molecule has 126 valence electrons. The quantitative estimate of drug-likeness (QED) is 0.542. The van der Waals surface area contributed by atoms with E-state index in [-0.39, 0.29) is 5.56 Å². The van der Waals surface area contributed by atoms with Gasteiger partial charge in [0.2, 0.25) is 5.13 Å². The Morgan fingerprint density at radius 3 is 2.88 bits per heavy atom. The van der Waals surface area contributed by atoms with Crippen molar-refractivity contribution in [2.45, 2.75) is 40.0 Å². The van der Waals surface area contributed by atoms with Gasteiger partial charge < -0.3 is 0 Å².